The molecule has 4 N–H and O–H groups in total. The highest BCUT2D eigenvalue weighted by molar-refractivity contribution is 5.92. The van der Waals surface area contributed by atoms with Crippen molar-refractivity contribution in [2.24, 2.45) is 11.3 Å². The van der Waals surface area contributed by atoms with Crippen LogP contribution in [0.25, 0.3) is 0 Å². The van der Waals surface area contributed by atoms with E-state index in [0.717, 1.165) is 0 Å². The summed E-state index contributed by atoms with van der Waals surface area (Å²) in [6, 6.07) is 5.18. The Morgan fingerprint density at radius 3 is 2.79 bits per heavy atom. The van der Waals surface area contributed by atoms with Gasteiger partial charge in [-0.05, 0) is 30.4 Å². The van der Waals surface area contributed by atoms with Gasteiger partial charge in [0.05, 0.1) is 0 Å². The van der Waals surface area contributed by atoms with Crippen molar-refractivity contribution in [1.29, 1.82) is 0 Å². The number of hydrazine groups is 1. The standard InChI is InChI=1S/C14H22N4O/c1-14(8-3-2-4-9-14)10-16-13(19)11-6-5-7-12(17-11)18-15/h5-7H,2-4,8-10,15H2,1H3,(H,16,19)(H,17,18). The van der Waals surface area contributed by atoms with Gasteiger partial charge in [-0.15, -0.1) is 0 Å². The lowest BCUT2D eigenvalue weighted by molar-refractivity contribution is 0.0914. The van der Waals surface area contributed by atoms with Crippen LogP contribution in [0.4, 0.5) is 5.82 Å². The Balaban J connectivity index is 1.93. The van der Waals surface area contributed by atoms with Crippen LogP contribution in [0.15, 0.2) is 18.2 Å². The van der Waals surface area contributed by atoms with Crippen molar-refractivity contribution < 1.29 is 4.79 Å². The molecule has 2 rings (SSSR count). The van der Waals surface area contributed by atoms with Crippen molar-refractivity contribution in [3.8, 4) is 0 Å². The van der Waals surface area contributed by atoms with Crippen LogP contribution in [0.2, 0.25) is 0 Å². The number of nitrogens with zero attached hydrogens (tertiary/aromatic N) is 1. The molecule has 1 amide bonds. The highest BCUT2D eigenvalue weighted by Gasteiger charge is 2.27. The zero-order valence-corrected chi connectivity index (χ0v) is 11.4. The zero-order valence-electron chi connectivity index (χ0n) is 11.4. The predicted octanol–water partition coefficient (Wildman–Crippen LogP) is 2.07. The normalized spacial score (nSPS) is 17.8. The quantitative estimate of drug-likeness (QED) is 0.573. The SMILES string of the molecule is CC1(CNC(=O)c2cccc(NN)n2)CCCCC1. The van der Waals surface area contributed by atoms with Crippen LogP contribution < -0.4 is 16.6 Å². The summed E-state index contributed by atoms with van der Waals surface area (Å²) < 4.78 is 0. The molecule has 5 nitrogen and oxygen atoms in total. The molecule has 1 aromatic heterocycles. The number of pyridine rings is 1. The van der Waals surface area contributed by atoms with Crippen LogP contribution in [-0.2, 0) is 0 Å². The molecule has 1 aliphatic carbocycles. The number of carbonyl (C=O) groups is 1. The van der Waals surface area contributed by atoms with E-state index in [2.05, 4.69) is 22.7 Å². The maximum Gasteiger partial charge on any atom is 0.269 e. The molecule has 5 heteroatoms. The first kappa shape index (κ1) is 13.8. The fourth-order valence-corrected chi connectivity index (χ4v) is 2.61. The summed E-state index contributed by atoms with van der Waals surface area (Å²) in [6.07, 6.45) is 6.21. The first-order valence-corrected chi connectivity index (χ1v) is 6.85. The first-order chi connectivity index (χ1) is 9.13. The van der Waals surface area contributed by atoms with Crippen molar-refractivity contribution in [2.75, 3.05) is 12.0 Å². The van der Waals surface area contributed by atoms with Crippen LogP contribution in [0, 0.1) is 5.41 Å². The number of rotatable bonds is 4. The van der Waals surface area contributed by atoms with E-state index in [4.69, 9.17) is 5.84 Å². The maximum atomic E-state index is 12.1. The van der Waals surface area contributed by atoms with Gasteiger partial charge in [0.1, 0.15) is 11.5 Å². The third-order valence-corrected chi connectivity index (χ3v) is 3.87. The number of hydrogen-bond acceptors (Lipinski definition) is 4. The molecule has 0 atom stereocenters. The van der Waals surface area contributed by atoms with Gasteiger partial charge in [-0.25, -0.2) is 10.8 Å². The summed E-state index contributed by atoms with van der Waals surface area (Å²) in [5, 5.41) is 2.99. The molecule has 0 radical (unpaired) electrons. The number of nitrogens with two attached hydrogens (primary N) is 1. The molecule has 1 aliphatic rings. The van der Waals surface area contributed by atoms with Crippen molar-refractivity contribution in [3.05, 3.63) is 23.9 Å². The van der Waals surface area contributed by atoms with Crippen molar-refractivity contribution >= 4 is 11.7 Å². The minimum absolute atomic E-state index is 0.135. The number of nitrogen functional groups attached to an aromatic ring is 1. The molecule has 104 valence electrons. The van der Waals surface area contributed by atoms with Gasteiger partial charge in [0, 0.05) is 6.54 Å². The van der Waals surface area contributed by atoms with E-state index in [0.29, 0.717) is 18.1 Å². The molecule has 1 heterocycles. The number of nitrogens with one attached hydrogen (secondary N) is 2. The Hall–Kier alpha value is -1.62. The predicted molar refractivity (Wildman–Crippen MR) is 75.6 cm³/mol. The smallest absolute Gasteiger partial charge is 0.269 e. The van der Waals surface area contributed by atoms with E-state index in [-0.39, 0.29) is 11.3 Å². The molecular formula is C14H22N4O. The van der Waals surface area contributed by atoms with E-state index in [9.17, 15) is 4.79 Å². The second kappa shape index (κ2) is 6.02. The van der Waals surface area contributed by atoms with E-state index < -0.39 is 0 Å². The molecule has 1 fully saturated rings. The topological polar surface area (TPSA) is 80.0 Å². The number of carbonyl (C=O) groups excluding carboxylic acids is 1. The van der Waals surface area contributed by atoms with Gasteiger partial charge in [0.2, 0.25) is 0 Å². The Morgan fingerprint density at radius 1 is 1.37 bits per heavy atom. The van der Waals surface area contributed by atoms with Crippen molar-refractivity contribution in [1.82, 2.24) is 10.3 Å². The van der Waals surface area contributed by atoms with Gasteiger partial charge in [0.25, 0.3) is 5.91 Å². The third kappa shape index (κ3) is 3.67. The Kier molecular flexibility index (Phi) is 4.37. The first-order valence-electron chi connectivity index (χ1n) is 6.85. The lowest BCUT2D eigenvalue weighted by atomic mass is 9.76. The molecule has 0 bridgehead atoms. The fraction of sp³-hybridized carbons (Fsp3) is 0.571. The Bertz CT molecular complexity index is 441. The number of hydrogen-bond donors (Lipinski definition) is 3. The highest BCUT2D eigenvalue weighted by Crippen LogP contribution is 2.34. The van der Waals surface area contributed by atoms with Gasteiger partial charge in [-0.3, -0.25) is 4.79 Å². The lowest BCUT2D eigenvalue weighted by Crippen LogP contribution is -2.37. The molecule has 1 saturated carbocycles. The van der Waals surface area contributed by atoms with Gasteiger partial charge >= 0.3 is 0 Å². The summed E-state index contributed by atoms with van der Waals surface area (Å²) in [4.78, 5) is 16.2. The minimum Gasteiger partial charge on any atom is -0.350 e. The van der Waals surface area contributed by atoms with Crippen LogP contribution in [0.5, 0.6) is 0 Å². The van der Waals surface area contributed by atoms with Gasteiger partial charge in [-0.1, -0.05) is 32.3 Å². The fourth-order valence-electron chi connectivity index (χ4n) is 2.61. The number of anilines is 1. The molecule has 0 saturated heterocycles. The van der Waals surface area contributed by atoms with Crippen LogP contribution in [0.1, 0.15) is 49.5 Å². The number of amides is 1. The van der Waals surface area contributed by atoms with Crippen molar-refractivity contribution in [3.63, 3.8) is 0 Å². The van der Waals surface area contributed by atoms with Gasteiger partial charge in [0.15, 0.2) is 0 Å². The molecule has 0 aliphatic heterocycles. The van der Waals surface area contributed by atoms with E-state index in [1.807, 2.05) is 0 Å². The summed E-state index contributed by atoms with van der Waals surface area (Å²) in [6.45, 7) is 2.96. The monoisotopic (exact) mass is 262 g/mol. The Labute approximate surface area is 114 Å². The molecular weight excluding hydrogens is 240 g/mol. The van der Waals surface area contributed by atoms with Gasteiger partial charge in [-0.2, -0.15) is 0 Å². The molecule has 1 aromatic rings. The van der Waals surface area contributed by atoms with Crippen molar-refractivity contribution in [2.45, 2.75) is 39.0 Å². The van der Waals surface area contributed by atoms with Crippen LogP contribution >= 0.6 is 0 Å². The van der Waals surface area contributed by atoms with E-state index in [1.54, 1.807) is 18.2 Å². The summed E-state index contributed by atoms with van der Waals surface area (Å²) in [5.41, 5.74) is 3.08. The number of aromatic nitrogens is 1. The largest absolute Gasteiger partial charge is 0.350 e. The summed E-state index contributed by atoms with van der Waals surface area (Å²) in [7, 11) is 0. The second-order valence-electron chi connectivity index (χ2n) is 5.61. The summed E-state index contributed by atoms with van der Waals surface area (Å²) >= 11 is 0. The lowest BCUT2D eigenvalue weighted by Gasteiger charge is -2.33. The molecule has 0 spiro atoms. The maximum absolute atomic E-state index is 12.1. The average Bonchev–Trinajstić information content (AvgIpc) is 2.46. The second-order valence-corrected chi connectivity index (χ2v) is 5.61. The molecule has 0 aromatic carbocycles. The average molecular weight is 262 g/mol. The highest BCUT2D eigenvalue weighted by atomic mass is 16.1. The Morgan fingerprint density at radius 2 is 2.11 bits per heavy atom. The van der Waals surface area contributed by atoms with E-state index >= 15 is 0 Å². The van der Waals surface area contributed by atoms with Crippen LogP contribution in [0.3, 0.4) is 0 Å². The molecule has 19 heavy (non-hydrogen) atoms. The van der Waals surface area contributed by atoms with E-state index in [1.165, 1.54) is 32.1 Å². The minimum atomic E-state index is -0.135. The molecule has 0 unspecified atom stereocenters. The zero-order chi connectivity index (χ0) is 13.7. The summed E-state index contributed by atoms with van der Waals surface area (Å²) in [5.74, 6) is 5.65. The van der Waals surface area contributed by atoms with Gasteiger partial charge < -0.3 is 10.7 Å². The third-order valence-electron chi connectivity index (χ3n) is 3.87. The van der Waals surface area contributed by atoms with Crippen LogP contribution in [-0.4, -0.2) is 17.4 Å².